The Labute approximate surface area is 206 Å². The van der Waals surface area contributed by atoms with Crippen molar-refractivity contribution in [3.8, 4) is 17.1 Å². The van der Waals surface area contributed by atoms with Crippen molar-refractivity contribution in [2.24, 2.45) is 0 Å². The van der Waals surface area contributed by atoms with Crippen LogP contribution in [0.3, 0.4) is 0 Å². The Hall–Kier alpha value is -2.68. The van der Waals surface area contributed by atoms with Crippen molar-refractivity contribution < 1.29 is 4.79 Å². The number of halogens is 1. The predicted octanol–water partition coefficient (Wildman–Crippen LogP) is 6.33. The zero-order chi connectivity index (χ0) is 23.5. The first kappa shape index (κ1) is 23.5. The van der Waals surface area contributed by atoms with E-state index in [1.165, 1.54) is 11.3 Å². The number of amides is 1. The molecular formula is C24H24ClN5OS2. The Kier molecular flexibility index (Phi) is 7.17. The van der Waals surface area contributed by atoms with Gasteiger partial charge in [0.25, 0.3) is 0 Å². The molecule has 0 bridgehead atoms. The Bertz CT molecular complexity index is 1300. The molecule has 1 amide bonds. The fourth-order valence-electron chi connectivity index (χ4n) is 3.48. The van der Waals surface area contributed by atoms with E-state index in [1.54, 1.807) is 23.6 Å². The van der Waals surface area contributed by atoms with E-state index in [1.807, 2.05) is 36.6 Å². The lowest BCUT2D eigenvalue weighted by Crippen LogP contribution is -2.27. The maximum absolute atomic E-state index is 11.8. The van der Waals surface area contributed by atoms with Crippen LogP contribution in [0.25, 0.3) is 17.1 Å². The molecule has 4 aromatic rings. The summed E-state index contributed by atoms with van der Waals surface area (Å²) < 4.78 is 2.06. The number of nitrogens with zero attached hydrogens (tertiary/aromatic N) is 5. The lowest BCUT2D eigenvalue weighted by Gasteiger charge is -2.15. The second-order valence-corrected chi connectivity index (χ2v) is 9.77. The maximum atomic E-state index is 11.8. The van der Waals surface area contributed by atoms with Gasteiger partial charge in [-0.05, 0) is 50.1 Å². The number of benzene rings is 2. The number of anilines is 1. The molecule has 170 valence electrons. The summed E-state index contributed by atoms with van der Waals surface area (Å²) in [6.07, 6.45) is 0. The highest BCUT2D eigenvalue weighted by molar-refractivity contribution is 7.98. The van der Waals surface area contributed by atoms with E-state index >= 15 is 0 Å². The molecule has 0 radical (unpaired) electrons. The number of thiazole rings is 1. The summed E-state index contributed by atoms with van der Waals surface area (Å²) in [5.41, 5.74) is 5.01. The molecule has 0 aliphatic heterocycles. The number of hydrogen-bond donors (Lipinski definition) is 0. The summed E-state index contributed by atoms with van der Waals surface area (Å²) in [4.78, 5) is 18.2. The van der Waals surface area contributed by atoms with Crippen molar-refractivity contribution >= 4 is 45.7 Å². The molecule has 9 heteroatoms. The summed E-state index contributed by atoms with van der Waals surface area (Å²) in [6, 6.07) is 14.0. The third-order valence-corrected chi connectivity index (χ3v) is 7.37. The van der Waals surface area contributed by atoms with Crippen LogP contribution < -0.4 is 4.90 Å². The van der Waals surface area contributed by atoms with Crippen LogP contribution in [0.15, 0.2) is 53.0 Å². The minimum atomic E-state index is -0.00917. The van der Waals surface area contributed by atoms with Gasteiger partial charge in [-0.25, -0.2) is 4.98 Å². The standard InChI is InChI=1S/C24H24ClN5OS2/c1-5-29(17(4)31)23-26-18(13-32-23)14-33-24-28-27-22(19-8-6-7-9-20(19)25)30(24)21-12-15(2)10-11-16(21)3/h6-13H,5,14H2,1-4H3. The van der Waals surface area contributed by atoms with Crippen LogP contribution in [0.1, 0.15) is 30.7 Å². The quantitative estimate of drug-likeness (QED) is 0.279. The zero-order valence-electron chi connectivity index (χ0n) is 18.9. The fourth-order valence-corrected chi connectivity index (χ4v) is 5.57. The molecule has 0 saturated carbocycles. The van der Waals surface area contributed by atoms with E-state index in [0.717, 1.165) is 33.2 Å². The molecule has 6 nitrogen and oxygen atoms in total. The van der Waals surface area contributed by atoms with Gasteiger partial charge in [0, 0.05) is 30.2 Å². The van der Waals surface area contributed by atoms with Crippen LogP contribution in [-0.2, 0) is 10.5 Å². The van der Waals surface area contributed by atoms with Gasteiger partial charge in [-0.3, -0.25) is 14.3 Å². The largest absolute Gasteiger partial charge is 0.289 e. The molecule has 2 heterocycles. The molecule has 0 unspecified atom stereocenters. The van der Waals surface area contributed by atoms with Crippen molar-refractivity contribution in [3.05, 3.63) is 69.7 Å². The Morgan fingerprint density at radius 1 is 1.18 bits per heavy atom. The van der Waals surface area contributed by atoms with Crippen molar-refractivity contribution in [1.29, 1.82) is 0 Å². The monoisotopic (exact) mass is 497 g/mol. The molecule has 33 heavy (non-hydrogen) atoms. The summed E-state index contributed by atoms with van der Waals surface area (Å²) in [6.45, 7) is 8.24. The van der Waals surface area contributed by atoms with E-state index < -0.39 is 0 Å². The van der Waals surface area contributed by atoms with Gasteiger partial charge in [-0.2, -0.15) is 0 Å². The van der Waals surface area contributed by atoms with Gasteiger partial charge in [-0.1, -0.05) is 47.6 Å². The summed E-state index contributed by atoms with van der Waals surface area (Å²) >= 11 is 9.55. The molecule has 2 aromatic carbocycles. The minimum Gasteiger partial charge on any atom is -0.289 e. The highest BCUT2D eigenvalue weighted by Gasteiger charge is 2.20. The number of hydrogen-bond acceptors (Lipinski definition) is 6. The number of aryl methyl sites for hydroxylation is 2. The van der Waals surface area contributed by atoms with Gasteiger partial charge in [0.2, 0.25) is 5.91 Å². The van der Waals surface area contributed by atoms with Crippen LogP contribution in [0.5, 0.6) is 0 Å². The van der Waals surface area contributed by atoms with Crippen molar-refractivity contribution in [2.75, 3.05) is 11.4 Å². The van der Waals surface area contributed by atoms with Crippen LogP contribution in [0.2, 0.25) is 5.02 Å². The molecular weight excluding hydrogens is 474 g/mol. The van der Waals surface area contributed by atoms with E-state index in [-0.39, 0.29) is 5.91 Å². The molecule has 0 aliphatic rings. The predicted molar refractivity (Wildman–Crippen MR) is 137 cm³/mol. The number of aromatic nitrogens is 4. The SMILES string of the molecule is CCN(C(C)=O)c1nc(CSc2nnc(-c3ccccc3Cl)n2-c2cc(C)ccc2C)cs1. The molecule has 0 fully saturated rings. The van der Waals surface area contributed by atoms with Gasteiger partial charge in [0.1, 0.15) is 0 Å². The summed E-state index contributed by atoms with van der Waals surface area (Å²) in [7, 11) is 0. The normalized spacial score (nSPS) is 11.1. The lowest BCUT2D eigenvalue weighted by molar-refractivity contribution is -0.116. The Balaban J connectivity index is 1.71. The highest BCUT2D eigenvalue weighted by Crippen LogP contribution is 2.34. The average molecular weight is 498 g/mol. The van der Waals surface area contributed by atoms with Crippen LogP contribution in [0.4, 0.5) is 5.13 Å². The number of rotatable bonds is 7. The highest BCUT2D eigenvalue weighted by atomic mass is 35.5. The zero-order valence-corrected chi connectivity index (χ0v) is 21.3. The van der Waals surface area contributed by atoms with Gasteiger partial charge >= 0.3 is 0 Å². The first-order valence-electron chi connectivity index (χ1n) is 10.5. The molecule has 0 aliphatic carbocycles. The van der Waals surface area contributed by atoms with Crippen LogP contribution in [0, 0.1) is 13.8 Å². The first-order chi connectivity index (χ1) is 15.9. The third kappa shape index (κ3) is 4.98. The van der Waals surface area contributed by atoms with Crippen molar-refractivity contribution in [3.63, 3.8) is 0 Å². The van der Waals surface area contributed by atoms with E-state index in [2.05, 4.69) is 51.8 Å². The second kappa shape index (κ2) is 10.1. The molecule has 0 spiro atoms. The molecule has 4 rings (SSSR count). The van der Waals surface area contributed by atoms with Gasteiger partial charge in [-0.15, -0.1) is 21.5 Å². The summed E-state index contributed by atoms with van der Waals surface area (Å²) in [5, 5.41) is 13.1. The Morgan fingerprint density at radius 2 is 1.97 bits per heavy atom. The molecule has 0 atom stereocenters. The maximum Gasteiger partial charge on any atom is 0.225 e. The third-order valence-electron chi connectivity index (χ3n) is 5.17. The summed E-state index contributed by atoms with van der Waals surface area (Å²) in [5.74, 6) is 1.30. The van der Waals surface area contributed by atoms with Crippen LogP contribution in [-0.4, -0.2) is 32.2 Å². The van der Waals surface area contributed by atoms with Crippen LogP contribution >= 0.6 is 34.7 Å². The van der Waals surface area contributed by atoms with Gasteiger partial charge < -0.3 is 0 Å². The first-order valence-corrected chi connectivity index (χ1v) is 12.8. The van der Waals surface area contributed by atoms with Gasteiger partial charge in [0.05, 0.1) is 16.4 Å². The second-order valence-electron chi connectivity index (χ2n) is 7.58. The minimum absolute atomic E-state index is 0.00917. The number of carbonyl (C=O) groups excluding carboxylic acids is 1. The van der Waals surface area contributed by atoms with Crippen molar-refractivity contribution in [2.45, 2.75) is 38.6 Å². The molecule has 2 aromatic heterocycles. The lowest BCUT2D eigenvalue weighted by atomic mass is 10.1. The molecule has 0 N–H and O–H groups in total. The Morgan fingerprint density at radius 3 is 2.70 bits per heavy atom. The van der Waals surface area contributed by atoms with E-state index in [9.17, 15) is 4.79 Å². The topological polar surface area (TPSA) is 63.9 Å². The van der Waals surface area contributed by atoms with E-state index in [0.29, 0.717) is 28.3 Å². The van der Waals surface area contributed by atoms with Gasteiger partial charge in [0.15, 0.2) is 16.1 Å². The molecule has 0 saturated heterocycles. The smallest absolute Gasteiger partial charge is 0.225 e. The van der Waals surface area contributed by atoms with E-state index in [4.69, 9.17) is 11.6 Å². The number of carbonyl (C=O) groups is 1. The average Bonchev–Trinajstić information content (AvgIpc) is 3.42. The number of thioether (sulfide) groups is 1. The fraction of sp³-hybridized carbons (Fsp3) is 0.250. The van der Waals surface area contributed by atoms with Crippen molar-refractivity contribution in [1.82, 2.24) is 19.7 Å².